The van der Waals surface area contributed by atoms with Gasteiger partial charge in [0, 0.05) is 28.9 Å². The molecule has 0 saturated heterocycles. The molecule has 0 heterocycles. The van der Waals surface area contributed by atoms with Gasteiger partial charge in [0.15, 0.2) is 0 Å². The van der Waals surface area contributed by atoms with Gasteiger partial charge in [0.2, 0.25) is 0 Å². The van der Waals surface area contributed by atoms with E-state index in [4.69, 9.17) is 9.98 Å². The van der Waals surface area contributed by atoms with Crippen LogP contribution in [0.2, 0.25) is 0 Å². The molecule has 6 aromatic carbocycles. The fraction of sp³-hybridized carbons (Fsp3) is 0. The molecule has 4 nitrogen and oxygen atoms in total. The number of hydrogen-bond donors (Lipinski definition) is 2. The van der Waals surface area contributed by atoms with Crippen LogP contribution >= 0.6 is 0 Å². The molecule has 0 saturated carbocycles. The molecule has 0 spiro atoms. The Morgan fingerprint density at radius 3 is 1.39 bits per heavy atom. The van der Waals surface area contributed by atoms with E-state index in [1.807, 2.05) is 97.1 Å². The molecule has 36 heavy (non-hydrogen) atoms. The number of benzene rings is 6. The Morgan fingerprint density at radius 2 is 0.889 bits per heavy atom. The lowest BCUT2D eigenvalue weighted by molar-refractivity contribution is 0.475. The van der Waals surface area contributed by atoms with Crippen molar-refractivity contribution < 1.29 is 10.2 Å². The number of fused-ring (bicyclic) bond motifs is 3. The summed E-state index contributed by atoms with van der Waals surface area (Å²) in [5.74, 6) is 0.365. The summed E-state index contributed by atoms with van der Waals surface area (Å²) in [7, 11) is 0. The zero-order chi connectivity index (χ0) is 24.5. The predicted molar refractivity (Wildman–Crippen MR) is 150 cm³/mol. The summed E-state index contributed by atoms with van der Waals surface area (Å²) in [5.41, 5.74) is 2.84. The van der Waals surface area contributed by atoms with Gasteiger partial charge in [-0.3, -0.25) is 9.98 Å². The van der Waals surface area contributed by atoms with Crippen molar-refractivity contribution in [3.05, 3.63) is 120 Å². The summed E-state index contributed by atoms with van der Waals surface area (Å²) in [5, 5.41) is 26.9. The fourth-order valence-electron chi connectivity index (χ4n) is 4.62. The first-order chi connectivity index (χ1) is 17.7. The van der Waals surface area contributed by atoms with Gasteiger partial charge in [0.25, 0.3) is 0 Å². The van der Waals surface area contributed by atoms with Crippen molar-refractivity contribution >= 4 is 56.1 Å². The number of rotatable bonds is 4. The van der Waals surface area contributed by atoms with E-state index in [2.05, 4.69) is 0 Å². The van der Waals surface area contributed by atoms with E-state index in [0.717, 1.165) is 43.7 Å². The van der Waals surface area contributed by atoms with Gasteiger partial charge < -0.3 is 10.2 Å². The molecule has 0 aliphatic heterocycles. The van der Waals surface area contributed by atoms with Crippen molar-refractivity contribution in [3.8, 4) is 11.5 Å². The molecule has 4 heteroatoms. The minimum atomic E-state index is 0.183. The molecule has 6 rings (SSSR count). The highest BCUT2D eigenvalue weighted by Gasteiger charge is 2.09. The quantitative estimate of drug-likeness (QED) is 0.258. The Kier molecular flexibility index (Phi) is 5.39. The molecule has 6 aromatic rings. The molecule has 0 aliphatic carbocycles. The molecule has 0 amide bonds. The highest BCUT2D eigenvalue weighted by atomic mass is 16.3. The van der Waals surface area contributed by atoms with E-state index in [1.165, 1.54) is 0 Å². The van der Waals surface area contributed by atoms with Gasteiger partial charge in [-0.1, -0.05) is 84.9 Å². The number of phenolic OH excluding ortho intramolecular Hbond substituents is 2. The third-order valence-electron chi connectivity index (χ3n) is 6.42. The second-order valence-electron chi connectivity index (χ2n) is 8.61. The standard InChI is InChI=1S/C32H22N2O2/c35-30-17-15-21-7-1-3-11-24(21)26(30)19-33-28-13-5-9-23-10-6-14-29(32(23)28)34-20-27-25-12-4-2-8-22(25)16-18-31(27)36/h1-20,35-36H. The number of aromatic hydroxyl groups is 2. The number of nitrogens with zero attached hydrogens (tertiary/aromatic N) is 2. The van der Waals surface area contributed by atoms with Gasteiger partial charge in [0.05, 0.1) is 11.4 Å². The Hall–Kier alpha value is -4.96. The lowest BCUT2D eigenvalue weighted by atomic mass is 10.0. The van der Waals surface area contributed by atoms with Crippen LogP contribution in [0.4, 0.5) is 11.4 Å². The largest absolute Gasteiger partial charge is 0.507 e. The van der Waals surface area contributed by atoms with Crippen LogP contribution < -0.4 is 0 Å². The Bertz CT molecular complexity index is 1690. The Morgan fingerprint density at radius 1 is 0.444 bits per heavy atom. The highest BCUT2D eigenvalue weighted by molar-refractivity contribution is 6.08. The summed E-state index contributed by atoms with van der Waals surface area (Å²) < 4.78 is 0. The highest BCUT2D eigenvalue weighted by Crippen LogP contribution is 2.36. The predicted octanol–water partition coefficient (Wildman–Crippen LogP) is 8.06. The monoisotopic (exact) mass is 466 g/mol. The zero-order valence-corrected chi connectivity index (χ0v) is 19.3. The van der Waals surface area contributed by atoms with Crippen LogP contribution in [0.25, 0.3) is 32.3 Å². The van der Waals surface area contributed by atoms with Crippen LogP contribution in [0.5, 0.6) is 11.5 Å². The van der Waals surface area contributed by atoms with Crippen LogP contribution in [0.1, 0.15) is 11.1 Å². The van der Waals surface area contributed by atoms with E-state index in [-0.39, 0.29) is 11.5 Å². The van der Waals surface area contributed by atoms with Crippen LogP contribution in [0.3, 0.4) is 0 Å². The zero-order valence-electron chi connectivity index (χ0n) is 19.3. The summed E-state index contributed by atoms with van der Waals surface area (Å²) in [6, 6.07) is 34.9. The van der Waals surface area contributed by atoms with Gasteiger partial charge in [-0.15, -0.1) is 0 Å². The number of aliphatic imine (C=N–C) groups is 2. The van der Waals surface area contributed by atoms with Crippen molar-refractivity contribution in [2.45, 2.75) is 0 Å². The van der Waals surface area contributed by atoms with Gasteiger partial charge in [-0.25, -0.2) is 0 Å². The third-order valence-corrected chi connectivity index (χ3v) is 6.42. The first-order valence-electron chi connectivity index (χ1n) is 11.7. The summed E-state index contributed by atoms with van der Waals surface area (Å²) in [6.45, 7) is 0. The first kappa shape index (κ1) is 21.6. The Balaban J connectivity index is 1.48. The van der Waals surface area contributed by atoms with Crippen molar-refractivity contribution in [1.29, 1.82) is 0 Å². The second-order valence-corrected chi connectivity index (χ2v) is 8.61. The van der Waals surface area contributed by atoms with Crippen molar-refractivity contribution in [2.24, 2.45) is 9.98 Å². The van der Waals surface area contributed by atoms with E-state index < -0.39 is 0 Å². The van der Waals surface area contributed by atoms with Crippen molar-refractivity contribution in [2.75, 3.05) is 0 Å². The third kappa shape index (κ3) is 3.85. The lowest BCUT2D eigenvalue weighted by Crippen LogP contribution is -1.87. The minimum absolute atomic E-state index is 0.183. The van der Waals surface area contributed by atoms with Gasteiger partial charge >= 0.3 is 0 Å². The Labute approximate surface area is 208 Å². The van der Waals surface area contributed by atoms with Crippen LogP contribution in [-0.4, -0.2) is 22.6 Å². The second kappa shape index (κ2) is 9.01. The molecule has 2 N–H and O–H groups in total. The average Bonchev–Trinajstić information content (AvgIpc) is 2.92. The molecular weight excluding hydrogens is 444 g/mol. The maximum atomic E-state index is 10.5. The fourth-order valence-corrected chi connectivity index (χ4v) is 4.62. The van der Waals surface area contributed by atoms with Crippen molar-refractivity contribution in [3.63, 3.8) is 0 Å². The molecule has 0 atom stereocenters. The van der Waals surface area contributed by atoms with Crippen LogP contribution in [0.15, 0.2) is 119 Å². The molecule has 0 radical (unpaired) electrons. The van der Waals surface area contributed by atoms with Crippen LogP contribution in [0, 0.1) is 0 Å². The normalized spacial score (nSPS) is 11.9. The number of hydrogen-bond acceptors (Lipinski definition) is 4. The van der Waals surface area contributed by atoms with Gasteiger partial charge in [0.1, 0.15) is 11.5 Å². The summed E-state index contributed by atoms with van der Waals surface area (Å²) >= 11 is 0. The SMILES string of the molecule is Oc1ccc2ccccc2c1C=Nc1cccc2cccc(N=Cc3c(O)ccc4ccccc34)c12. The van der Waals surface area contributed by atoms with E-state index >= 15 is 0 Å². The van der Waals surface area contributed by atoms with Gasteiger partial charge in [-0.2, -0.15) is 0 Å². The smallest absolute Gasteiger partial charge is 0.124 e. The average molecular weight is 467 g/mol. The molecule has 0 aliphatic rings. The summed E-state index contributed by atoms with van der Waals surface area (Å²) in [6.07, 6.45) is 3.42. The summed E-state index contributed by atoms with van der Waals surface area (Å²) in [4.78, 5) is 9.58. The molecule has 0 aromatic heterocycles. The van der Waals surface area contributed by atoms with Gasteiger partial charge in [-0.05, 0) is 51.2 Å². The van der Waals surface area contributed by atoms with E-state index in [9.17, 15) is 10.2 Å². The molecular formula is C32H22N2O2. The maximum Gasteiger partial charge on any atom is 0.124 e. The molecule has 172 valence electrons. The van der Waals surface area contributed by atoms with Crippen molar-refractivity contribution in [1.82, 2.24) is 0 Å². The van der Waals surface area contributed by atoms with E-state index in [1.54, 1.807) is 24.6 Å². The first-order valence-corrected chi connectivity index (χ1v) is 11.7. The van der Waals surface area contributed by atoms with Crippen LogP contribution in [-0.2, 0) is 0 Å². The molecule has 0 fully saturated rings. The number of phenols is 2. The molecule has 0 unspecified atom stereocenters. The van der Waals surface area contributed by atoms with E-state index in [0.29, 0.717) is 11.1 Å². The topological polar surface area (TPSA) is 65.2 Å². The maximum absolute atomic E-state index is 10.5. The lowest BCUT2D eigenvalue weighted by Gasteiger charge is -2.08. The molecule has 0 bridgehead atoms. The minimum Gasteiger partial charge on any atom is -0.507 e.